The molecule has 1 atom stereocenters. The molecule has 0 saturated heterocycles. The Labute approximate surface area is 172 Å². The molecule has 2 aromatic carbocycles. The monoisotopic (exact) mass is 417 g/mol. The van der Waals surface area contributed by atoms with Gasteiger partial charge < -0.3 is 10.6 Å². The zero-order chi connectivity index (χ0) is 21.8. The molecule has 0 spiro atoms. The average Bonchev–Trinajstić information content (AvgIpc) is 2.67. The summed E-state index contributed by atoms with van der Waals surface area (Å²) < 4.78 is 24.9. The Hall–Kier alpha value is -2.87. The summed E-state index contributed by atoms with van der Waals surface area (Å²) in [7, 11) is -2.02. The van der Waals surface area contributed by atoms with E-state index in [4.69, 9.17) is 0 Å². The number of carbonyl (C=O) groups excluding carboxylic acids is 2. The van der Waals surface area contributed by atoms with E-state index in [1.807, 2.05) is 13.8 Å². The molecule has 2 aromatic rings. The quantitative estimate of drug-likeness (QED) is 0.723. The number of amides is 2. The number of rotatable bonds is 7. The van der Waals surface area contributed by atoms with Gasteiger partial charge in [0.2, 0.25) is 10.0 Å². The third-order valence-corrected chi connectivity index (χ3v) is 5.99. The normalized spacial score (nSPS) is 12.2. The lowest BCUT2D eigenvalue weighted by atomic mass is 10.1. The Morgan fingerprint density at radius 1 is 1.03 bits per heavy atom. The van der Waals surface area contributed by atoms with Crippen LogP contribution in [0.5, 0.6) is 0 Å². The standard InChI is InChI=1S/C21H27N3O4S/c1-6-14(2)22-21(26)17-10-7-8-12-18(17)23-20(25)16-11-9-13-19(15(16)3)24(4)29(5,27)28/h7-14H,6H2,1-5H3,(H,22,26)(H,23,25)/t14-/m1/s1. The van der Waals surface area contributed by atoms with Crippen molar-refractivity contribution in [3.63, 3.8) is 0 Å². The summed E-state index contributed by atoms with van der Waals surface area (Å²) in [6.07, 6.45) is 1.89. The van der Waals surface area contributed by atoms with Crippen molar-refractivity contribution < 1.29 is 18.0 Å². The molecule has 156 valence electrons. The maximum absolute atomic E-state index is 12.9. The van der Waals surface area contributed by atoms with Crippen molar-refractivity contribution in [1.29, 1.82) is 0 Å². The van der Waals surface area contributed by atoms with Crippen molar-refractivity contribution in [1.82, 2.24) is 5.32 Å². The van der Waals surface area contributed by atoms with Gasteiger partial charge in [0, 0.05) is 18.7 Å². The highest BCUT2D eigenvalue weighted by atomic mass is 32.2. The molecule has 8 heteroatoms. The zero-order valence-electron chi connectivity index (χ0n) is 17.3. The van der Waals surface area contributed by atoms with Crippen LogP contribution in [0.25, 0.3) is 0 Å². The van der Waals surface area contributed by atoms with E-state index in [9.17, 15) is 18.0 Å². The first-order valence-electron chi connectivity index (χ1n) is 9.31. The van der Waals surface area contributed by atoms with Crippen LogP contribution in [0.1, 0.15) is 46.5 Å². The Kier molecular flexibility index (Phi) is 7.02. The maximum atomic E-state index is 12.9. The van der Waals surface area contributed by atoms with Crippen molar-refractivity contribution in [3.05, 3.63) is 59.2 Å². The van der Waals surface area contributed by atoms with Crippen LogP contribution in [0.4, 0.5) is 11.4 Å². The van der Waals surface area contributed by atoms with Gasteiger partial charge in [-0.3, -0.25) is 13.9 Å². The SMILES string of the molecule is CC[C@@H](C)NC(=O)c1ccccc1NC(=O)c1cccc(N(C)S(C)(=O)=O)c1C. The summed E-state index contributed by atoms with van der Waals surface area (Å²) in [6, 6.07) is 11.7. The number of sulfonamides is 1. The summed E-state index contributed by atoms with van der Waals surface area (Å²) in [5.41, 5.74) is 2.03. The van der Waals surface area contributed by atoms with Crippen molar-refractivity contribution >= 4 is 33.2 Å². The molecule has 29 heavy (non-hydrogen) atoms. The van der Waals surface area contributed by atoms with E-state index in [-0.39, 0.29) is 11.9 Å². The molecule has 0 aliphatic rings. The molecule has 0 aromatic heterocycles. The fourth-order valence-corrected chi connectivity index (χ4v) is 3.33. The lowest BCUT2D eigenvalue weighted by molar-refractivity contribution is 0.0940. The van der Waals surface area contributed by atoms with Crippen LogP contribution in [-0.4, -0.2) is 39.6 Å². The van der Waals surface area contributed by atoms with E-state index in [0.29, 0.717) is 28.1 Å². The molecule has 2 rings (SSSR count). The van der Waals surface area contributed by atoms with E-state index >= 15 is 0 Å². The summed E-state index contributed by atoms with van der Waals surface area (Å²) in [4.78, 5) is 25.4. The van der Waals surface area contributed by atoms with Crippen LogP contribution < -0.4 is 14.9 Å². The molecule has 0 bridgehead atoms. The predicted molar refractivity (Wildman–Crippen MR) is 116 cm³/mol. The fourth-order valence-electron chi connectivity index (χ4n) is 2.77. The molecule has 0 fully saturated rings. The van der Waals surface area contributed by atoms with Crippen molar-refractivity contribution in [2.45, 2.75) is 33.2 Å². The highest BCUT2D eigenvalue weighted by Crippen LogP contribution is 2.25. The smallest absolute Gasteiger partial charge is 0.256 e. The Morgan fingerprint density at radius 2 is 1.66 bits per heavy atom. The fraction of sp³-hybridized carbons (Fsp3) is 0.333. The van der Waals surface area contributed by atoms with Gasteiger partial charge in [-0.1, -0.05) is 25.1 Å². The summed E-state index contributed by atoms with van der Waals surface area (Å²) in [6.45, 7) is 5.57. The minimum absolute atomic E-state index is 0.0108. The summed E-state index contributed by atoms with van der Waals surface area (Å²) in [5, 5.41) is 5.66. The first-order chi connectivity index (χ1) is 13.6. The lowest BCUT2D eigenvalue weighted by Gasteiger charge is -2.21. The molecular weight excluding hydrogens is 390 g/mol. The summed E-state index contributed by atoms with van der Waals surface area (Å²) in [5.74, 6) is -0.687. The average molecular weight is 418 g/mol. The highest BCUT2D eigenvalue weighted by Gasteiger charge is 2.20. The summed E-state index contributed by atoms with van der Waals surface area (Å²) >= 11 is 0. The molecule has 2 N–H and O–H groups in total. The van der Waals surface area contributed by atoms with Crippen LogP contribution in [0.15, 0.2) is 42.5 Å². The number of para-hydroxylation sites is 1. The van der Waals surface area contributed by atoms with E-state index in [1.165, 1.54) is 7.05 Å². The molecule has 0 radical (unpaired) electrons. The van der Waals surface area contributed by atoms with Gasteiger partial charge in [-0.05, 0) is 50.1 Å². The van der Waals surface area contributed by atoms with Gasteiger partial charge in [0.25, 0.3) is 11.8 Å². The molecule has 0 aliphatic carbocycles. The number of nitrogens with zero attached hydrogens (tertiary/aromatic N) is 1. The van der Waals surface area contributed by atoms with Crippen LogP contribution in [0, 0.1) is 6.92 Å². The number of nitrogens with one attached hydrogen (secondary N) is 2. The number of hydrogen-bond acceptors (Lipinski definition) is 4. The molecule has 0 heterocycles. The largest absolute Gasteiger partial charge is 0.350 e. The molecule has 0 unspecified atom stereocenters. The number of anilines is 2. The third-order valence-electron chi connectivity index (χ3n) is 4.80. The zero-order valence-corrected chi connectivity index (χ0v) is 18.1. The minimum Gasteiger partial charge on any atom is -0.350 e. The first kappa shape index (κ1) is 22.4. The topological polar surface area (TPSA) is 95.6 Å². The van der Waals surface area contributed by atoms with Crippen molar-refractivity contribution in [2.75, 3.05) is 22.9 Å². The van der Waals surface area contributed by atoms with Gasteiger partial charge in [0.05, 0.1) is 23.2 Å². The number of hydrogen-bond donors (Lipinski definition) is 2. The maximum Gasteiger partial charge on any atom is 0.256 e. The van der Waals surface area contributed by atoms with Gasteiger partial charge in [-0.15, -0.1) is 0 Å². The Morgan fingerprint density at radius 3 is 2.28 bits per heavy atom. The molecule has 7 nitrogen and oxygen atoms in total. The van der Waals surface area contributed by atoms with Gasteiger partial charge in [-0.25, -0.2) is 8.42 Å². The highest BCUT2D eigenvalue weighted by molar-refractivity contribution is 7.92. The molecular formula is C21H27N3O4S. The molecule has 0 aliphatic heterocycles. The molecule has 0 saturated carbocycles. The van der Waals surface area contributed by atoms with Crippen molar-refractivity contribution in [2.24, 2.45) is 0 Å². The lowest BCUT2D eigenvalue weighted by Crippen LogP contribution is -2.32. The number of benzene rings is 2. The first-order valence-corrected chi connectivity index (χ1v) is 11.2. The van der Waals surface area contributed by atoms with Crippen LogP contribution in [-0.2, 0) is 10.0 Å². The van der Waals surface area contributed by atoms with E-state index < -0.39 is 15.9 Å². The van der Waals surface area contributed by atoms with E-state index in [2.05, 4.69) is 10.6 Å². The predicted octanol–water partition coefficient (Wildman–Crippen LogP) is 3.17. The van der Waals surface area contributed by atoms with E-state index in [0.717, 1.165) is 17.0 Å². The Balaban J connectivity index is 2.34. The Bertz CT molecular complexity index is 1020. The number of carbonyl (C=O) groups is 2. The minimum atomic E-state index is -3.46. The van der Waals surface area contributed by atoms with Gasteiger partial charge in [-0.2, -0.15) is 0 Å². The van der Waals surface area contributed by atoms with Gasteiger partial charge in [0.15, 0.2) is 0 Å². The van der Waals surface area contributed by atoms with E-state index in [1.54, 1.807) is 49.4 Å². The molecule has 2 amide bonds. The van der Waals surface area contributed by atoms with Crippen LogP contribution in [0.2, 0.25) is 0 Å². The second-order valence-electron chi connectivity index (χ2n) is 6.96. The van der Waals surface area contributed by atoms with Crippen LogP contribution >= 0.6 is 0 Å². The van der Waals surface area contributed by atoms with Gasteiger partial charge in [0.1, 0.15) is 0 Å². The third kappa shape index (κ3) is 5.35. The van der Waals surface area contributed by atoms with Gasteiger partial charge >= 0.3 is 0 Å². The van der Waals surface area contributed by atoms with Crippen molar-refractivity contribution in [3.8, 4) is 0 Å². The van der Waals surface area contributed by atoms with Crippen LogP contribution in [0.3, 0.4) is 0 Å². The second kappa shape index (κ2) is 9.09. The second-order valence-corrected chi connectivity index (χ2v) is 8.98.